The van der Waals surface area contributed by atoms with Gasteiger partial charge in [0.15, 0.2) is 11.6 Å². The van der Waals surface area contributed by atoms with Crippen molar-refractivity contribution in [1.29, 1.82) is 0 Å². The molecule has 1 rings (SSSR count). The van der Waals surface area contributed by atoms with Crippen LogP contribution in [0, 0.1) is 17.5 Å². The first-order valence-corrected chi connectivity index (χ1v) is 3.35. The Labute approximate surface area is 67.5 Å². The van der Waals surface area contributed by atoms with E-state index in [2.05, 4.69) is 0 Å². The van der Waals surface area contributed by atoms with E-state index in [4.69, 9.17) is 5.11 Å². The van der Waals surface area contributed by atoms with Gasteiger partial charge in [-0.05, 0) is 13.0 Å². The van der Waals surface area contributed by atoms with Gasteiger partial charge >= 0.3 is 0 Å². The van der Waals surface area contributed by atoms with Crippen LogP contribution in [0.15, 0.2) is 12.1 Å². The van der Waals surface area contributed by atoms with Crippen LogP contribution < -0.4 is 0 Å². The summed E-state index contributed by atoms with van der Waals surface area (Å²) in [5.74, 6) is -3.35. The summed E-state index contributed by atoms with van der Waals surface area (Å²) in [6.07, 6.45) is -1.14. The van der Waals surface area contributed by atoms with Crippen molar-refractivity contribution < 1.29 is 18.3 Å². The molecule has 1 atom stereocenters. The molecule has 0 aliphatic carbocycles. The summed E-state index contributed by atoms with van der Waals surface area (Å²) in [5, 5.41) is 8.89. The fourth-order valence-corrected chi connectivity index (χ4v) is 0.858. The van der Waals surface area contributed by atoms with Gasteiger partial charge in [0.1, 0.15) is 5.82 Å². The second-order valence-electron chi connectivity index (χ2n) is 2.46. The van der Waals surface area contributed by atoms with Gasteiger partial charge in [0, 0.05) is 11.6 Å². The molecule has 12 heavy (non-hydrogen) atoms. The van der Waals surface area contributed by atoms with Crippen LogP contribution in [-0.4, -0.2) is 5.11 Å². The van der Waals surface area contributed by atoms with Crippen molar-refractivity contribution in [1.82, 2.24) is 0 Å². The monoisotopic (exact) mass is 176 g/mol. The lowest BCUT2D eigenvalue weighted by Gasteiger charge is -2.05. The summed E-state index contributed by atoms with van der Waals surface area (Å²) < 4.78 is 37.5. The summed E-state index contributed by atoms with van der Waals surface area (Å²) in [6, 6.07) is 1.06. The normalized spacial score (nSPS) is 13.1. The van der Waals surface area contributed by atoms with Gasteiger partial charge in [-0.3, -0.25) is 0 Å². The Morgan fingerprint density at radius 2 is 1.58 bits per heavy atom. The van der Waals surface area contributed by atoms with Crippen molar-refractivity contribution in [2.24, 2.45) is 0 Å². The van der Waals surface area contributed by atoms with Crippen LogP contribution in [-0.2, 0) is 0 Å². The highest BCUT2D eigenvalue weighted by Gasteiger charge is 2.12. The number of hydrogen-bond acceptors (Lipinski definition) is 1. The Balaban J connectivity index is 3.23. The SMILES string of the molecule is C[C@@H](O)c1cc(F)c(F)cc1F. The summed E-state index contributed by atoms with van der Waals surface area (Å²) in [7, 11) is 0. The minimum Gasteiger partial charge on any atom is -0.389 e. The highest BCUT2D eigenvalue weighted by molar-refractivity contribution is 5.21. The maximum Gasteiger partial charge on any atom is 0.161 e. The summed E-state index contributed by atoms with van der Waals surface area (Å²) in [6.45, 7) is 1.27. The van der Waals surface area contributed by atoms with E-state index in [0.717, 1.165) is 0 Å². The standard InChI is InChI=1S/C8H7F3O/c1-4(12)5-2-7(10)8(11)3-6(5)9/h2-4,12H,1H3/t4-/m1/s1. The molecule has 0 aliphatic heterocycles. The second kappa shape index (κ2) is 3.15. The average molecular weight is 176 g/mol. The highest BCUT2D eigenvalue weighted by atomic mass is 19.2. The van der Waals surface area contributed by atoms with E-state index in [0.29, 0.717) is 12.1 Å². The lowest BCUT2D eigenvalue weighted by atomic mass is 10.1. The zero-order chi connectivity index (χ0) is 9.30. The Hall–Kier alpha value is -1.03. The van der Waals surface area contributed by atoms with E-state index in [1.165, 1.54) is 6.92 Å². The summed E-state index contributed by atoms with van der Waals surface area (Å²) in [4.78, 5) is 0. The van der Waals surface area contributed by atoms with Crippen molar-refractivity contribution in [2.45, 2.75) is 13.0 Å². The number of hydrogen-bond donors (Lipinski definition) is 1. The van der Waals surface area contributed by atoms with Gasteiger partial charge in [0.25, 0.3) is 0 Å². The highest BCUT2D eigenvalue weighted by Crippen LogP contribution is 2.19. The number of rotatable bonds is 1. The van der Waals surface area contributed by atoms with Crippen LogP contribution in [0.4, 0.5) is 13.2 Å². The zero-order valence-corrected chi connectivity index (χ0v) is 6.31. The van der Waals surface area contributed by atoms with Crippen LogP contribution in [0.2, 0.25) is 0 Å². The molecule has 1 aromatic rings. The van der Waals surface area contributed by atoms with Crippen LogP contribution >= 0.6 is 0 Å². The minimum atomic E-state index is -1.25. The molecule has 0 saturated heterocycles. The molecule has 1 N–H and O–H groups in total. The fraction of sp³-hybridized carbons (Fsp3) is 0.250. The van der Waals surface area contributed by atoms with Crippen LogP contribution in [0.5, 0.6) is 0 Å². The van der Waals surface area contributed by atoms with Crippen molar-refractivity contribution in [2.75, 3.05) is 0 Å². The number of aliphatic hydroxyl groups is 1. The molecule has 0 unspecified atom stereocenters. The number of aliphatic hydroxyl groups excluding tert-OH is 1. The van der Waals surface area contributed by atoms with Crippen LogP contribution in [0.3, 0.4) is 0 Å². The molecule has 0 heterocycles. The lowest BCUT2D eigenvalue weighted by Crippen LogP contribution is -1.98. The predicted octanol–water partition coefficient (Wildman–Crippen LogP) is 2.16. The third-order valence-corrected chi connectivity index (χ3v) is 1.49. The van der Waals surface area contributed by atoms with Gasteiger partial charge in [0.05, 0.1) is 6.10 Å². The largest absolute Gasteiger partial charge is 0.389 e. The molecule has 1 nitrogen and oxygen atoms in total. The summed E-state index contributed by atoms with van der Waals surface area (Å²) in [5.41, 5.74) is -0.242. The van der Waals surface area contributed by atoms with Gasteiger partial charge < -0.3 is 5.11 Å². The van der Waals surface area contributed by atoms with E-state index in [9.17, 15) is 13.2 Å². The second-order valence-corrected chi connectivity index (χ2v) is 2.46. The van der Waals surface area contributed by atoms with Crippen molar-refractivity contribution in [3.63, 3.8) is 0 Å². The van der Waals surface area contributed by atoms with Gasteiger partial charge in [0.2, 0.25) is 0 Å². The van der Waals surface area contributed by atoms with E-state index in [-0.39, 0.29) is 5.56 Å². The maximum absolute atomic E-state index is 12.7. The molecular weight excluding hydrogens is 169 g/mol. The Morgan fingerprint density at radius 3 is 2.08 bits per heavy atom. The molecule has 0 amide bonds. The Kier molecular flexibility index (Phi) is 2.38. The van der Waals surface area contributed by atoms with Gasteiger partial charge in [-0.15, -0.1) is 0 Å². The van der Waals surface area contributed by atoms with E-state index in [1.54, 1.807) is 0 Å². The quantitative estimate of drug-likeness (QED) is 0.650. The first-order chi connectivity index (χ1) is 5.52. The third kappa shape index (κ3) is 1.58. The van der Waals surface area contributed by atoms with Crippen molar-refractivity contribution in [3.8, 4) is 0 Å². The van der Waals surface area contributed by atoms with E-state index < -0.39 is 23.6 Å². The molecule has 0 aliphatic rings. The molecule has 1 aromatic carbocycles. The number of benzene rings is 1. The molecule has 0 aromatic heterocycles. The molecule has 66 valence electrons. The number of halogens is 3. The molecular formula is C8H7F3O. The van der Waals surface area contributed by atoms with Crippen molar-refractivity contribution in [3.05, 3.63) is 35.1 Å². The van der Waals surface area contributed by atoms with Gasteiger partial charge in [-0.1, -0.05) is 0 Å². The minimum absolute atomic E-state index is 0.242. The molecule has 0 fully saturated rings. The van der Waals surface area contributed by atoms with E-state index >= 15 is 0 Å². The maximum atomic E-state index is 12.7. The lowest BCUT2D eigenvalue weighted by molar-refractivity contribution is 0.193. The Bertz CT molecular complexity index is 297. The predicted molar refractivity (Wildman–Crippen MR) is 36.9 cm³/mol. The molecule has 0 saturated carbocycles. The third-order valence-electron chi connectivity index (χ3n) is 1.49. The van der Waals surface area contributed by atoms with Crippen molar-refractivity contribution >= 4 is 0 Å². The average Bonchev–Trinajstić information content (AvgIpc) is 1.96. The molecule has 0 bridgehead atoms. The van der Waals surface area contributed by atoms with Crippen LogP contribution in [0.1, 0.15) is 18.6 Å². The molecule has 4 heteroatoms. The van der Waals surface area contributed by atoms with Gasteiger partial charge in [-0.25, -0.2) is 13.2 Å². The molecule has 0 radical (unpaired) electrons. The smallest absolute Gasteiger partial charge is 0.161 e. The van der Waals surface area contributed by atoms with Gasteiger partial charge in [-0.2, -0.15) is 0 Å². The molecule has 0 spiro atoms. The summed E-state index contributed by atoms with van der Waals surface area (Å²) >= 11 is 0. The first kappa shape index (κ1) is 9.06. The fourth-order valence-electron chi connectivity index (χ4n) is 0.858. The van der Waals surface area contributed by atoms with E-state index in [1.807, 2.05) is 0 Å². The first-order valence-electron chi connectivity index (χ1n) is 3.35. The Morgan fingerprint density at radius 1 is 1.08 bits per heavy atom. The van der Waals surface area contributed by atoms with Crippen LogP contribution in [0.25, 0.3) is 0 Å². The zero-order valence-electron chi connectivity index (χ0n) is 6.31. The topological polar surface area (TPSA) is 20.2 Å².